The van der Waals surface area contributed by atoms with Crippen LogP contribution in [0.2, 0.25) is 0 Å². The minimum absolute atomic E-state index is 0.193. The molecule has 1 unspecified atom stereocenters. The molecule has 1 heterocycles. The smallest absolute Gasteiger partial charge is 0.351 e. The van der Waals surface area contributed by atoms with Crippen molar-refractivity contribution in [3.63, 3.8) is 0 Å². The van der Waals surface area contributed by atoms with E-state index in [1.54, 1.807) is 32.4 Å². The number of nitrogens with zero attached hydrogens (tertiary/aromatic N) is 1. The van der Waals surface area contributed by atoms with E-state index in [-0.39, 0.29) is 6.42 Å². The molecular weight excluding hydrogens is 250 g/mol. The number of benzene rings is 1. The number of oxime groups is 1. The molecule has 0 aliphatic carbocycles. The van der Waals surface area contributed by atoms with Crippen molar-refractivity contribution in [2.75, 3.05) is 14.2 Å². The summed E-state index contributed by atoms with van der Waals surface area (Å²) in [5.74, 6) is 0.183. The summed E-state index contributed by atoms with van der Waals surface area (Å²) in [5, 5.41) is 12.9. The second-order valence-corrected chi connectivity index (χ2v) is 4.44. The van der Waals surface area contributed by atoms with Gasteiger partial charge in [0.2, 0.25) is 5.60 Å². The van der Waals surface area contributed by atoms with Crippen molar-refractivity contribution in [3.8, 4) is 11.5 Å². The summed E-state index contributed by atoms with van der Waals surface area (Å²) in [6, 6.07) is 5.26. The maximum Gasteiger partial charge on any atom is 0.351 e. The molecule has 1 aromatic rings. The largest absolute Gasteiger partial charge is 0.497 e. The fourth-order valence-corrected chi connectivity index (χ4v) is 1.78. The van der Waals surface area contributed by atoms with Gasteiger partial charge in [0.15, 0.2) is 0 Å². The molecular formula is C13H15NO5. The van der Waals surface area contributed by atoms with Gasteiger partial charge in [-0.15, -0.1) is 0 Å². The number of aliphatic carboxylic acids is 1. The van der Waals surface area contributed by atoms with Crippen molar-refractivity contribution in [2.24, 2.45) is 5.16 Å². The second kappa shape index (κ2) is 4.79. The van der Waals surface area contributed by atoms with Crippen molar-refractivity contribution >= 4 is 11.7 Å². The topological polar surface area (TPSA) is 77.3 Å². The SMILES string of the molecule is COc1cc(OC)cc(C2=NOC(C)(C(=O)O)C2)c1. The average Bonchev–Trinajstić information content (AvgIpc) is 2.82. The van der Waals surface area contributed by atoms with E-state index in [2.05, 4.69) is 5.16 Å². The average molecular weight is 265 g/mol. The number of carbonyl (C=O) groups is 1. The summed E-state index contributed by atoms with van der Waals surface area (Å²) >= 11 is 0. The quantitative estimate of drug-likeness (QED) is 0.896. The first-order valence-corrected chi connectivity index (χ1v) is 5.70. The highest BCUT2D eigenvalue weighted by atomic mass is 16.7. The number of carboxylic acid groups (broad SMARTS) is 1. The summed E-state index contributed by atoms with van der Waals surface area (Å²) in [6.07, 6.45) is 0.193. The standard InChI is InChI=1S/C13H15NO5/c1-13(12(15)16)7-11(14-19-13)8-4-9(17-2)6-10(5-8)18-3/h4-6H,7H2,1-3H3,(H,15,16). The molecule has 6 nitrogen and oxygen atoms in total. The molecule has 19 heavy (non-hydrogen) atoms. The van der Waals surface area contributed by atoms with Gasteiger partial charge in [-0.05, 0) is 19.1 Å². The maximum absolute atomic E-state index is 11.1. The van der Waals surface area contributed by atoms with Gasteiger partial charge >= 0.3 is 5.97 Å². The molecule has 1 aromatic carbocycles. The lowest BCUT2D eigenvalue weighted by Gasteiger charge is -2.14. The van der Waals surface area contributed by atoms with Gasteiger partial charge in [0, 0.05) is 18.1 Å². The summed E-state index contributed by atoms with van der Waals surface area (Å²) in [7, 11) is 3.10. The van der Waals surface area contributed by atoms with E-state index in [1.165, 1.54) is 6.92 Å². The normalized spacial score (nSPS) is 21.5. The van der Waals surface area contributed by atoms with E-state index in [0.717, 1.165) is 5.56 Å². The molecule has 6 heteroatoms. The van der Waals surface area contributed by atoms with E-state index < -0.39 is 11.6 Å². The van der Waals surface area contributed by atoms with Crippen molar-refractivity contribution in [1.82, 2.24) is 0 Å². The number of hydrogen-bond donors (Lipinski definition) is 1. The van der Waals surface area contributed by atoms with Crippen molar-refractivity contribution in [1.29, 1.82) is 0 Å². The second-order valence-electron chi connectivity index (χ2n) is 4.44. The first-order valence-electron chi connectivity index (χ1n) is 5.70. The van der Waals surface area contributed by atoms with Crippen LogP contribution in [0, 0.1) is 0 Å². The van der Waals surface area contributed by atoms with Crippen molar-refractivity contribution in [2.45, 2.75) is 18.9 Å². The molecule has 0 saturated heterocycles. The van der Waals surface area contributed by atoms with Gasteiger partial charge in [-0.25, -0.2) is 4.79 Å². The van der Waals surface area contributed by atoms with Crippen LogP contribution in [0.3, 0.4) is 0 Å². The van der Waals surface area contributed by atoms with Crippen LogP contribution in [-0.2, 0) is 9.63 Å². The Hall–Kier alpha value is -2.24. The molecule has 0 aromatic heterocycles. The Morgan fingerprint density at radius 2 is 1.89 bits per heavy atom. The Labute approximate surface area is 110 Å². The molecule has 2 rings (SSSR count). The third kappa shape index (κ3) is 2.47. The summed E-state index contributed by atoms with van der Waals surface area (Å²) < 4.78 is 10.3. The zero-order valence-corrected chi connectivity index (χ0v) is 11.0. The Morgan fingerprint density at radius 1 is 1.32 bits per heavy atom. The minimum atomic E-state index is -1.31. The Bertz CT molecular complexity index is 518. The molecule has 0 spiro atoms. The third-order valence-electron chi connectivity index (χ3n) is 3.00. The number of carboxylic acids is 1. The Balaban J connectivity index is 2.31. The molecule has 1 N–H and O–H groups in total. The third-order valence-corrected chi connectivity index (χ3v) is 3.00. The van der Waals surface area contributed by atoms with Crippen LogP contribution in [0.15, 0.2) is 23.4 Å². The molecule has 0 amide bonds. The van der Waals surface area contributed by atoms with Gasteiger partial charge in [-0.1, -0.05) is 5.16 Å². The van der Waals surface area contributed by atoms with Gasteiger partial charge in [0.25, 0.3) is 0 Å². The van der Waals surface area contributed by atoms with Gasteiger partial charge < -0.3 is 19.4 Å². The molecule has 102 valence electrons. The maximum atomic E-state index is 11.1. The van der Waals surface area contributed by atoms with E-state index >= 15 is 0 Å². The summed E-state index contributed by atoms with van der Waals surface area (Å²) in [4.78, 5) is 16.1. The molecule has 1 aliphatic heterocycles. The van der Waals surface area contributed by atoms with Crippen LogP contribution in [0.5, 0.6) is 11.5 Å². The van der Waals surface area contributed by atoms with Crippen LogP contribution in [-0.4, -0.2) is 36.6 Å². The van der Waals surface area contributed by atoms with Crippen molar-refractivity contribution < 1.29 is 24.2 Å². The van der Waals surface area contributed by atoms with Gasteiger partial charge in [-0.3, -0.25) is 0 Å². The Kier molecular flexibility index (Phi) is 3.33. The first kappa shape index (κ1) is 13.2. The molecule has 1 atom stereocenters. The number of methoxy groups -OCH3 is 2. The fourth-order valence-electron chi connectivity index (χ4n) is 1.78. The predicted octanol–water partition coefficient (Wildman–Crippen LogP) is 1.67. The molecule has 0 bridgehead atoms. The fraction of sp³-hybridized carbons (Fsp3) is 0.385. The predicted molar refractivity (Wildman–Crippen MR) is 67.8 cm³/mol. The lowest BCUT2D eigenvalue weighted by atomic mass is 9.96. The molecule has 0 radical (unpaired) electrons. The highest BCUT2D eigenvalue weighted by Gasteiger charge is 2.42. The molecule has 0 saturated carbocycles. The Morgan fingerprint density at radius 3 is 2.32 bits per heavy atom. The van der Waals surface area contributed by atoms with E-state index in [0.29, 0.717) is 17.2 Å². The van der Waals surface area contributed by atoms with Crippen LogP contribution in [0.4, 0.5) is 0 Å². The zero-order valence-electron chi connectivity index (χ0n) is 11.0. The van der Waals surface area contributed by atoms with E-state index in [9.17, 15) is 4.79 Å². The highest BCUT2D eigenvalue weighted by molar-refractivity contribution is 6.05. The lowest BCUT2D eigenvalue weighted by Crippen LogP contribution is -2.35. The first-order chi connectivity index (χ1) is 8.98. The van der Waals surface area contributed by atoms with Crippen LogP contribution >= 0.6 is 0 Å². The summed E-state index contributed by atoms with van der Waals surface area (Å²) in [6.45, 7) is 1.49. The van der Waals surface area contributed by atoms with Gasteiger partial charge in [0.05, 0.1) is 19.9 Å². The minimum Gasteiger partial charge on any atom is -0.497 e. The number of rotatable bonds is 4. The summed E-state index contributed by atoms with van der Waals surface area (Å²) in [5.41, 5.74) is -0.0330. The van der Waals surface area contributed by atoms with Crippen LogP contribution in [0.1, 0.15) is 18.9 Å². The van der Waals surface area contributed by atoms with Crippen LogP contribution < -0.4 is 9.47 Å². The lowest BCUT2D eigenvalue weighted by molar-refractivity contribution is -0.160. The van der Waals surface area contributed by atoms with E-state index in [1.807, 2.05) is 0 Å². The molecule has 0 fully saturated rings. The molecule has 1 aliphatic rings. The van der Waals surface area contributed by atoms with Crippen molar-refractivity contribution in [3.05, 3.63) is 23.8 Å². The van der Waals surface area contributed by atoms with E-state index in [4.69, 9.17) is 19.4 Å². The highest BCUT2D eigenvalue weighted by Crippen LogP contribution is 2.30. The van der Waals surface area contributed by atoms with Gasteiger partial charge in [0.1, 0.15) is 11.5 Å². The monoisotopic (exact) mass is 265 g/mol. The zero-order chi connectivity index (χ0) is 14.0. The van der Waals surface area contributed by atoms with Crippen LogP contribution in [0.25, 0.3) is 0 Å². The number of hydrogen-bond acceptors (Lipinski definition) is 5. The van der Waals surface area contributed by atoms with Gasteiger partial charge in [-0.2, -0.15) is 0 Å². The number of ether oxygens (including phenoxy) is 2.